The Labute approximate surface area is 123 Å². The first-order chi connectivity index (χ1) is 9.13. The molecular weight excluding hydrogens is 278 g/mol. The molecule has 2 heterocycles. The second-order valence-electron chi connectivity index (χ2n) is 5.29. The lowest BCUT2D eigenvalue weighted by Gasteiger charge is -2.31. The van der Waals surface area contributed by atoms with Crippen molar-refractivity contribution in [3.63, 3.8) is 0 Å². The van der Waals surface area contributed by atoms with Gasteiger partial charge in [0.25, 0.3) is 0 Å². The van der Waals surface area contributed by atoms with Crippen molar-refractivity contribution in [2.45, 2.75) is 13.3 Å². The van der Waals surface area contributed by atoms with Crippen LogP contribution in [0.5, 0.6) is 0 Å². The third-order valence-electron chi connectivity index (χ3n) is 3.93. The Kier molecular flexibility index (Phi) is 4.30. The van der Waals surface area contributed by atoms with Crippen molar-refractivity contribution in [1.82, 2.24) is 5.32 Å². The van der Waals surface area contributed by atoms with Gasteiger partial charge in [-0.3, -0.25) is 9.59 Å². The van der Waals surface area contributed by atoms with Crippen LogP contribution >= 0.6 is 12.4 Å². The molecule has 1 aromatic carbocycles. The van der Waals surface area contributed by atoms with Crippen molar-refractivity contribution < 1.29 is 9.59 Å². The van der Waals surface area contributed by atoms with Crippen molar-refractivity contribution in [3.05, 3.63) is 23.8 Å². The molecule has 3 rings (SSSR count). The number of anilines is 2. The third kappa shape index (κ3) is 2.78. The fraction of sp³-hybridized carbons (Fsp3) is 0.429. The van der Waals surface area contributed by atoms with E-state index in [1.165, 1.54) is 0 Å². The maximum Gasteiger partial charge on any atom is 0.228 e. The molecule has 108 valence electrons. The molecule has 2 amide bonds. The normalized spacial score (nSPS) is 18.4. The summed E-state index contributed by atoms with van der Waals surface area (Å²) in [5.74, 6) is 0.489. The van der Waals surface area contributed by atoms with Gasteiger partial charge >= 0.3 is 0 Å². The molecule has 1 saturated heterocycles. The number of carbonyl (C=O) groups is 2. The fourth-order valence-electron chi connectivity index (χ4n) is 2.44. The molecule has 20 heavy (non-hydrogen) atoms. The van der Waals surface area contributed by atoms with Crippen LogP contribution in [0, 0.1) is 11.8 Å². The molecule has 2 aliphatic heterocycles. The number of carbonyl (C=O) groups excluding carboxylic acids is 2. The van der Waals surface area contributed by atoms with Crippen LogP contribution in [0.1, 0.15) is 12.5 Å². The highest BCUT2D eigenvalue weighted by Crippen LogP contribution is 2.26. The summed E-state index contributed by atoms with van der Waals surface area (Å²) in [6, 6.07) is 5.54. The lowest BCUT2D eigenvalue weighted by atomic mass is 9.88. The highest BCUT2D eigenvalue weighted by molar-refractivity contribution is 6.00. The van der Waals surface area contributed by atoms with Gasteiger partial charge in [-0.05, 0) is 42.8 Å². The average molecular weight is 296 g/mol. The Bertz CT molecular complexity index is 543. The van der Waals surface area contributed by atoms with Crippen molar-refractivity contribution in [3.8, 4) is 0 Å². The van der Waals surface area contributed by atoms with Crippen LogP contribution in [0.2, 0.25) is 0 Å². The smallest absolute Gasteiger partial charge is 0.228 e. The number of amides is 2. The molecule has 0 bridgehead atoms. The summed E-state index contributed by atoms with van der Waals surface area (Å²) in [6.07, 6.45) is 0.390. The van der Waals surface area contributed by atoms with Gasteiger partial charge in [-0.2, -0.15) is 0 Å². The summed E-state index contributed by atoms with van der Waals surface area (Å²) in [6.45, 7) is 3.79. The first-order valence-electron chi connectivity index (χ1n) is 6.58. The van der Waals surface area contributed by atoms with E-state index >= 15 is 0 Å². The number of fused-ring (bicyclic) bond motifs is 1. The van der Waals surface area contributed by atoms with E-state index in [1.54, 1.807) is 0 Å². The predicted octanol–water partition coefficient (Wildman–Crippen LogP) is 1.40. The molecule has 5 nitrogen and oxygen atoms in total. The van der Waals surface area contributed by atoms with Gasteiger partial charge in [0.1, 0.15) is 0 Å². The van der Waals surface area contributed by atoms with E-state index in [2.05, 4.69) is 16.0 Å². The van der Waals surface area contributed by atoms with Crippen molar-refractivity contribution >= 4 is 35.6 Å². The number of halogens is 1. The molecule has 1 unspecified atom stereocenters. The largest absolute Gasteiger partial charge is 0.326 e. The first kappa shape index (κ1) is 14.8. The van der Waals surface area contributed by atoms with Crippen LogP contribution in [0.3, 0.4) is 0 Å². The third-order valence-corrected chi connectivity index (χ3v) is 3.93. The van der Waals surface area contributed by atoms with E-state index in [-0.39, 0.29) is 30.1 Å². The van der Waals surface area contributed by atoms with Crippen LogP contribution in [-0.4, -0.2) is 24.9 Å². The zero-order chi connectivity index (χ0) is 13.4. The maximum atomic E-state index is 12.1. The molecular formula is C14H18ClN3O2. The van der Waals surface area contributed by atoms with Crippen molar-refractivity contribution in [2.24, 2.45) is 11.8 Å². The number of benzene rings is 1. The Morgan fingerprint density at radius 1 is 1.40 bits per heavy atom. The van der Waals surface area contributed by atoms with E-state index in [0.717, 1.165) is 30.0 Å². The van der Waals surface area contributed by atoms with Gasteiger partial charge in [0.05, 0.1) is 6.42 Å². The Hall–Kier alpha value is -1.59. The fourth-order valence-corrected chi connectivity index (χ4v) is 2.44. The Balaban J connectivity index is 0.00000147. The molecule has 1 aromatic rings. The van der Waals surface area contributed by atoms with Crippen LogP contribution in [-0.2, 0) is 16.0 Å². The number of hydrogen-bond donors (Lipinski definition) is 3. The van der Waals surface area contributed by atoms with E-state index in [0.29, 0.717) is 12.3 Å². The molecule has 2 aliphatic rings. The molecule has 1 atom stereocenters. The summed E-state index contributed by atoms with van der Waals surface area (Å²) >= 11 is 0. The van der Waals surface area contributed by atoms with Gasteiger partial charge in [0, 0.05) is 17.3 Å². The molecule has 0 aromatic heterocycles. The minimum Gasteiger partial charge on any atom is -0.326 e. The SMILES string of the molecule is CC(C(=O)Nc1ccc2c(c1)CC(=O)N2)C1CNC1.Cl. The van der Waals surface area contributed by atoms with Crippen LogP contribution in [0.15, 0.2) is 18.2 Å². The second kappa shape index (κ2) is 5.81. The number of rotatable bonds is 3. The monoisotopic (exact) mass is 295 g/mol. The molecule has 0 spiro atoms. The highest BCUT2D eigenvalue weighted by Gasteiger charge is 2.28. The number of nitrogens with one attached hydrogen (secondary N) is 3. The average Bonchev–Trinajstić information content (AvgIpc) is 2.66. The van der Waals surface area contributed by atoms with Gasteiger partial charge < -0.3 is 16.0 Å². The molecule has 6 heteroatoms. The van der Waals surface area contributed by atoms with E-state index in [1.807, 2.05) is 25.1 Å². The van der Waals surface area contributed by atoms with E-state index in [4.69, 9.17) is 0 Å². The summed E-state index contributed by atoms with van der Waals surface area (Å²) in [7, 11) is 0. The lowest BCUT2D eigenvalue weighted by Crippen LogP contribution is -2.48. The quantitative estimate of drug-likeness (QED) is 0.789. The predicted molar refractivity (Wildman–Crippen MR) is 80.2 cm³/mol. The minimum absolute atomic E-state index is 0. The molecule has 1 fully saturated rings. The number of hydrogen-bond acceptors (Lipinski definition) is 3. The second-order valence-corrected chi connectivity index (χ2v) is 5.29. The summed E-state index contributed by atoms with van der Waals surface area (Å²) < 4.78 is 0. The van der Waals surface area contributed by atoms with Gasteiger partial charge in [0.15, 0.2) is 0 Å². The lowest BCUT2D eigenvalue weighted by molar-refractivity contribution is -0.121. The van der Waals surface area contributed by atoms with Crippen molar-refractivity contribution in [2.75, 3.05) is 23.7 Å². The van der Waals surface area contributed by atoms with Gasteiger partial charge in [-0.15, -0.1) is 12.4 Å². The first-order valence-corrected chi connectivity index (χ1v) is 6.58. The maximum absolute atomic E-state index is 12.1. The Morgan fingerprint density at radius 2 is 2.15 bits per heavy atom. The van der Waals surface area contributed by atoms with Gasteiger partial charge in [0.2, 0.25) is 11.8 Å². The molecule has 0 radical (unpaired) electrons. The molecule has 0 saturated carbocycles. The molecule has 0 aliphatic carbocycles. The van der Waals surface area contributed by atoms with Crippen molar-refractivity contribution in [1.29, 1.82) is 0 Å². The zero-order valence-corrected chi connectivity index (χ0v) is 12.0. The standard InChI is InChI=1S/C14H17N3O2.ClH/c1-8(10-6-15-7-10)14(19)16-11-2-3-12-9(4-11)5-13(18)17-12;/h2-4,8,10,15H,5-7H2,1H3,(H,16,19)(H,17,18);1H. The van der Waals surface area contributed by atoms with Crippen LogP contribution < -0.4 is 16.0 Å². The van der Waals surface area contributed by atoms with Gasteiger partial charge in [-0.25, -0.2) is 0 Å². The zero-order valence-electron chi connectivity index (χ0n) is 11.2. The van der Waals surface area contributed by atoms with E-state index in [9.17, 15) is 9.59 Å². The summed E-state index contributed by atoms with van der Waals surface area (Å²) in [5.41, 5.74) is 2.55. The Morgan fingerprint density at radius 3 is 2.80 bits per heavy atom. The summed E-state index contributed by atoms with van der Waals surface area (Å²) in [4.78, 5) is 23.4. The topological polar surface area (TPSA) is 70.2 Å². The van der Waals surface area contributed by atoms with Gasteiger partial charge in [-0.1, -0.05) is 6.92 Å². The summed E-state index contributed by atoms with van der Waals surface area (Å²) in [5, 5.41) is 8.88. The van der Waals surface area contributed by atoms with Crippen LogP contribution in [0.25, 0.3) is 0 Å². The van der Waals surface area contributed by atoms with Crippen LogP contribution in [0.4, 0.5) is 11.4 Å². The van der Waals surface area contributed by atoms with E-state index < -0.39 is 0 Å². The minimum atomic E-state index is 0. The highest BCUT2D eigenvalue weighted by atomic mass is 35.5. The molecule has 3 N–H and O–H groups in total.